The highest BCUT2D eigenvalue weighted by Gasteiger charge is 2.33. The van der Waals surface area contributed by atoms with Crippen LogP contribution in [0.5, 0.6) is 5.75 Å². The molecule has 0 aliphatic carbocycles. The van der Waals surface area contributed by atoms with Crippen molar-refractivity contribution in [2.75, 3.05) is 0 Å². The van der Waals surface area contributed by atoms with Gasteiger partial charge in [-0.2, -0.15) is 0 Å². The van der Waals surface area contributed by atoms with Gasteiger partial charge in [0.1, 0.15) is 11.6 Å². The lowest BCUT2D eigenvalue weighted by atomic mass is 9.68. The minimum Gasteiger partial charge on any atom is -0.507 e. The fourth-order valence-electron chi connectivity index (χ4n) is 9.38. The summed E-state index contributed by atoms with van der Waals surface area (Å²) >= 11 is 0. The monoisotopic (exact) mass is 883 g/mol. The summed E-state index contributed by atoms with van der Waals surface area (Å²) in [6, 6.07) is 28.2. The first-order chi connectivity index (χ1) is 35.9. The zero-order chi connectivity index (χ0) is 56.6. The molecule has 8 aromatic rings. The zero-order valence-electron chi connectivity index (χ0n) is 51.4. The molecular weight excluding hydrogens is 803 g/mol. The van der Waals surface area contributed by atoms with Crippen molar-refractivity contribution in [3.05, 3.63) is 166 Å². The third kappa shape index (κ3) is 8.40. The van der Waals surface area contributed by atoms with E-state index in [2.05, 4.69) is 64.7 Å². The molecule has 0 spiro atoms. The lowest BCUT2D eigenvalue weighted by Gasteiger charge is -2.36. The number of imidazole rings is 1. The molecule has 66 heavy (non-hydrogen) atoms. The Morgan fingerprint density at radius 3 is 1.97 bits per heavy atom. The van der Waals surface area contributed by atoms with E-state index in [1.165, 1.54) is 23.3 Å². The van der Waals surface area contributed by atoms with Crippen LogP contribution in [0.2, 0.25) is 0 Å². The number of aromatic hydroxyl groups is 1. The Morgan fingerprint density at radius 1 is 0.621 bits per heavy atom. The van der Waals surface area contributed by atoms with Gasteiger partial charge in [-0.15, -0.1) is 0 Å². The van der Waals surface area contributed by atoms with Crippen LogP contribution in [0.15, 0.2) is 127 Å². The summed E-state index contributed by atoms with van der Waals surface area (Å²) < 4.78 is 98.2. The Kier molecular flexibility index (Phi) is 9.22. The van der Waals surface area contributed by atoms with Gasteiger partial charge >= 0.3 is 0 Å². The molecule has 0 radical (unpaired) electrons. The average molecular weight is 883 g/mol. The number of hydrogen-bond donors (Lipinski definition) is 1. The van der Waals surface area contributed by atoms with Gasteiger partial charge < -0.3 is 5.11 Å². The molecule has 2 aromatic heterocycles. The second-order valence-corrected chi connectivity index (χ2v) is 19.6. The largest absolute Gasteiger partial charge is 0.507 e. The number of nitrogens with zero attached hydrogens (tertiary/aromatic N) is 3. The molecule has 4 nitrogen and oxygen atoms in total. The van der Waals surface area contributed by atoms with Crippen molar-refractivity contribution >= 4 is 11.0 Å². The van der Waals surface area contributed by atoms with Crippen LogP contribution in [-0.4, -0.2) is 19.6 Å². The van der Waals surface area contributed by atoms with Gasteiger partial charge in [-0.3, -0.25) is 9.55 Å². The quantitative estimate of drug-likeness (QED) is 0.133. The fourth-order valence-corrected chi connectivity index (χ4v) is 9.38. The number of phenolic OH excluding ortho intramolecular Hbond substituents is 1. The van der Waals surface area contributed by atoms with Crippen LogP contribution < -0.4 is 0 Å². The van der Waals surface area contributed by atoms with Crippen LogP contribution in [0.3, 0.4) is 0 Å². The molecule has 8 rings (SSSR count). The highest BCUT2D eigenvalue weighted by atomic mass is 16.3. The average Bonchev–Trinajstić information content (AvgIpc) is 3.85. The fraction of sp³-hybridized carbons (Fsp3) is 0.323. The first kappa shape index (κ1) is 34.1. The molecule has 338 valence electrons. The predicted octanol–water partition coefficient (Wildman–Crippen LogP) is 17.1. The summed E-state index contributed by atoms with van der Waals surface area (Å²) in [5.74, 6) is 0.329. The van der Waals surface area contributed by atoms with Crippen LogP contribution in [0.4, 0.5) is 0 Å². The molecule has 2 heterocycles. The SMILES string of the molecule is [2H]c1nc(-c2cc(-c3cccc4c3nc(-c3cc(C)cc(C)c3O)n4-c3ccc(-c4c(C(C)(CC)CC)cccc4C(C)(CC)CC)cc3C([2H])([2H])[2H])cc(C(C)(C)C)c2)c([2H])c(-c2ccc(C([2H])([2H])[2H])c([2H])c2[2H])c1[2H]. The predicted molar refractivity (Wildman–Crippen MR) is 281 cm³/mol. The van der Waals surface area contributed by atoms with Crippen LogP contribution in [0.1, 0.15) is 142 Å². The summed E-state index contributed by atoms with van der Waals surface area (Å²) in [7, 11) is 0. The van der Waals surface area contributed by atoms with Crippen molar-refractivity contribution in [3.63, 3.8) is 0 Å². The Bertz CT molecular complexity index is 3580. The Hall–Kier alpha value is -6.26. The molecule has 0 saturated heterocycles. The number of pyridine rings is 1. The summed E-state index contributed by atoms with van der Waals surface area (Å²) in [5, 5.41) is 12.0. The van der Waals surface area contributed by atoms with Crippen LogP contribution in [0, 0.1) is 27.6 Å². The minimum absolute atomic E-state index is 0.00323. The van der Waals surface area contributed by atoms with E-state index in [9.17, 15) is 10.6 Å². The van der Waals surface area contributed by atoms with Crippen molar-refractivity contribution in [1.82, 2.24) is 14.5 Å². The van der Waals surface area contributed by atoms with E-state index in [4.69, 9.17) is 14.6 Å². The molecule has 0 aliphatic heterocycles. The maximum absolute atomic E-state index is 12.0. The zero-order valence-corrected chi connectivity index (χ0v) is 40.4. The molecule has 0 amide bonds. The Balaban J connectivity index is 1.44. The number of fused-ring (bicyclic) bond motifs is 1. The number of benzene rings is 6. The van der Waals surface area contributed by atoms with E-state index < -0.39 is 43.4 Å². The van der Waals surface area contributed by atoms with Gasteiger partial charge in [0.25, 0.3) is 0 Å². The van der Waals surface area contributed by atoms with E-state index in [-0.39, 0.29) is 50.6 Å². The number of rotatable bonds is 12. The summed E-state index contributed by atoms with van der Waals surface area (Å²) in [6.07, 6.45) is 3.09. The molecule has 0 unspecified atom stereocenters. The molecule has 0 fully saturated rings. The number of hydrogen-bond acceptors (Lipinski definition) is 3. The highest BCUT2D eigenvalue weighted by molar-refractivity contribution is 5.97. The van der Waals surface area contributed by atoms with E-state index in [0.29, 0.717) is 50.4 Å². The van der Waals surface area contributed by atoms with Crippen molar-refractivity contribution in [3.8, 4) is 67.5 Å². The summed E-state index contributed by atoms with van der Waals surface area (Å²) in [4.78, 5) is 9.88. The number of para-hydroxylation sites is 1. The van der Waals surface area contributed by atoms with Crippen LogP contribution in [0.25, 0.3) is 72.7 Å². The van der Waals surface area contributed by atoms with Gasteiger partial charge in [-0.05, 0) is 179 Å². The van der Waals surface area contributed by atoms with Gasteiger partial charge in [-0.25, -0.2) is 4.98 Å². The van der Waals surface area contributed by atoms with Gasteiger partial charge in [0, 0.05) is 25.5 Å². The van der Waals surface area contributed by atoms with E-state index >= 15 is 0 Å². The smallest absolute Gasteiger partial charge is 0.149 e. The topological polar surface area (TPSA) is 50.9 Å². The minimum atomic E-state index is -2.66. The van der Waals surface area contributed by atoms with E-state index in [0.717, 1.165) is 47.9 Å². The summed E-state index contributed by atoms with van der Waals surface area (Å²) in [5.41, 5.74) is 8.92. The lowest BCUT2D eigenvalue weighted by molar-refractivity contribution is 0.426. The van der Waals surface area contributed by atoms with Gasteiger partial charge in [0.05, 0.1) is 34.8 Å². The maximum atomic E-state index is 12.0. The number of phenols is 1. The van der Waals surface area contributed by atoms with E-state index in [1.54, 1.807) is 0 Å². The molecule has 6 aromatic carbocycles. The molecule has 0 aliphatic rings. The normalized spacial score (nSPS) is 15.1. The van der Waals surface area contributed by atoms with Gasteiger partial charge in [0.2, 0.25) is 0 Å². The molecule has 0 atom stereocenters. The van der Waals surface area contributed by atoms with Gasteiger partial charge in [0.15, 0.2) is 0 Å². The number of aryl methyl sites for hydroxylation is 4. The highest BCUT2D eigenvalue weighted by Crippen LogP contribution is 2.47. The standard InChI is InChI=1S/C62H69N3O/c1-14-61(12,15-2)51-21-19-22-52(62(13,16-3)17-4)56(51)45-28-29-54(41(7)34-45)65-55-23-18-20-49(57(55)64-59(65)50-33-40(6)32-42(8)58(50)66)46-35-47(37-48(36-46)60(9,10)11)53-38-44(30-31-63-53)43-26-24-39(5)25-27-43/h18-38,66H,14-17H2,1-13H3/i5D3,7D3,24D,26D,30D,31D,38D. The third-order valence-electron chi connectivity index (χ3n) is 14.4. The molecule has 0 saturated carbocycles. The summed E-state index contributed by atoms with van der Waals surface area (Å²) in [6.45, 7) is 18.0. The molecule has 0 bridgehead atoms. The second-order valence-electron chi connectivity index (χ2n) is 19.6. The van der Waals surface area contributed by atoms with Crippen molar-refractivity contribution in [2.45, 2.75) is 132 Å². The maximum Gasteiger partial charge on any atom is 0.149 e. The van der Waals surface area contributed by atoms with E-state index in [1.807, 2.05) is 106 Å². The second kappa shape index (κ2) is 17.9. The van der Waals surface area contributed by atoms with Crippen LogP contribution >= 0.6 is 0 Å². The lowest BCUT2D eigenvalue weighted by Crippen LogP contribution is -2.25. The van der Waals surface area contributed by atoms with Crippen molar-refractivity contribution < 1.29 is 20.2 Å². The van der Waals surface area contributed by atoms with Crippen LogP contribution in [-0.2, 0) is 16.2 Å². The van der Waals surface area contributed by atoms with Crippen molar-refractivity contribution in [1.29, 1.82) is 0 Å². The third-order valence-corrected chi connectivity index (χ3v) is 14.4. The van der Waals surface area contributed by atoms with Crippen molar-refractivity contribution in [2.24, 2.45) is 0 Å². The Labute approximate surface area is 410 Å². The van der Waals surface area contributed by atoms with Gasteiger partial charge in [-0.1, -0.05) is 141 Å². The molecular formula is C62H69N3O. The number of aromatic nitrogens is 3. The molecule has 4 heteroatoms. The first-order valence-corrected chi connectivity index (χ1v) is 23.3. The Morgan fingerprint density at radius 2 is 1.30 bits per heavy atom. The first-order valence-electron chi connectivity index (χ1n) is 28.8. The molecule has 1 N–H and O–H groups in total.